The molecule has 2 aliphatic rings. The Kier molecular flexibility index (Phi) is 3.28. The zero-order valence-corrected chi connectivity index (χ0v) is 13.8. The molecule has 0 saturated carbocycles. The standard InChI is InChI=1S/C25H17/c1-3-9-18(10-4-1)20-13-7-15-22-23-16-8-14-21(25(23)17-24(20)22)19-11-5-2-6-12-19/h1-17H. The first-order chi connectivity index (χ1) is 12.4. The zero-order valence-electron chi connectivity index (χ0n) is 13.8. The highest BCUT2D eigenvalue weighted by Gasteiger charge is 2.28. The van der Waals surface area contributed by atoms with Crippen molar-refractivity contribution >= 4 is 11.6 Å². The van der Waals surface area contributed by atoms with E-state index in [1.807, 2.05) is 0 Å². The van der Waals surface area contributed by atoms with Crippen LogP contribution in [0.2, 0.25) is 0 Å². The minimum absolute atomic E-state index is 1.27. The molecular formula is C25H17. The van der Waals surface area contributed by atoms with Gasteiger partial charge in [-0.1, -0.05) is 97.1 Å². The summed E-state index contributed by atoms with van der Waals surface area (Å²) in [6.45, 7) is 0. The summed E-state index contributed by atoms with van der Waals surface area (Å²) in [6, 6.07) is 27.9. The Morgan fingerprint density at radius 3 is 1.96 bits per heavy atom. The van der Waals surface area contributed by atoms with Crippen LogP contribution < -0.4 is 0 Å². The molecule has 0 heteroatoms. The molecule has 3 aromatic carbocycles. The van der Waals surface area contributed by atoms with Crippen LogP contribution in [-0.4, -0.2) is 0 Å². The fourth-order valence-electron chi connectivity index (χ4n) is 3.79. The summed E-state index contributed by atoms with van der Waals surface area (Å²) in [7, 11) is 0. The Morgan fingerprint density at radius 1 is 0.520 bits per heavy atom. The summed E-state index contributed by atoms with van der Waals surface area (Å²) < 4.78 is 0. The van der Waals surface area contributed by atoms with Crippen LogP contribution in [-0.2, 0) is 0 Å². The summed E-state index contributed by atoms with van der Waals surface area (Å²) in [6.07, 6.45) is 8.98. The van der Waals surface area contributed by atoms with Crippen LogP contribution in [0.5, 0.6) is 0 Å². The molecule has 5 rings (SSSR count). The van der Waals surface area contributed by atoms with E-state index < -0.39 is 0 Å². The lowest BCUT2D eigenvalue weighted by Crippen LogP contribution is -2.03. The second-order valence-corrected chi connectivity index (χ2v) is 6.41. The second kappa shape index (κ2) is 5.75. The van der Waals surface area contributed by atoms with Gasteiger partial charge in [-0.25, -0.2) is 0 Å². The zero-order chi connectivity index (χ0) is 16.6. The second-order valence-electron chi connectivity index (χ2n) is 6.41. The Balaban J connectivity index is 1.67. The van der Waals surface area contributed by atoms with E-state index in [9.17, 15) is 0 Å². The summed E-state index contributed by atoms with van der Waals surface area (Å²) in [5.74, 6) is 1.30. The van der Waals surface area contributed by atoms with Gasteiger partial charge in [0.25, 0.3) is 0 Å². The van der Waals surface area contributed by atoms with E-state index in [-0.39, 0.29) is 0 Å². The molecule has 1 radical (unpaired) electrons. The van der Waals surface area contributed by atoms with E-state index >= 15 is 0 Å². The molecule has 0 aliphatic heterocycles. The van der Waals surface area contributed by atoms with Crippen LogP contribution in [0.3, 0.4) is 0 Å². The molecule has 0 bridgehead atoms. The van der Waals surface area contributed by atoms with Crippen molar-refractivity contribution < 1.29 is 0 Å². The Bertz CT molecular complexity index is 1020. The molecule has 0 nitrogen and oxygen atoms in total. The van der Waals surface area contributed by atoms with E-state index in [0.29, 0.717) is 0 Å². The number of hydrogen-bond donors (Lipinski definition) is 0. The fraction of sp³-hybridized carbons (Fsp3) is 0. The van der Waals surface area contributed by atoms with E-state index in [1.54, 1.807) is 0 Å². The molecule has 0 heterocycles. The maximum absolute atomic E-state index is 2.36. The third kappa shape index (κ3) is 2.30. The topological polar surface area (TPSA) is 0 Å². The number of benzene rings is 3. The number of rotatable bonds is 2. The number of hydrogen-bond acceptors (Lipinski definition) is 0. The van der Waals surface area contributed by atoms with Crippen LogP contribution in [0.1, 0.15) is 16.7 Å². The highest BCUT2D eigenvalue weighted by Crippen LogP contribution is 2.47. The predicted octanol–water partition coefficient (Wildman–Crippen LogP) is 6.33. The molecule has 25 heavy (non-hydrogen) atoms. The average molecular weight is 317 g/mol. The van der Waals surface area contributed by atoms with Crippen molar-refractivity contribution in [2.75, 3.05) is 0 Å². The minimum atomic E-state index is 1.27. The van der Waals surface area contributed by atoms with Crippen molar-refractivity contribution in [2.24, 2.45) is 0 Å². The third-order valence-electron chi connectivity index (χ3n) is 4.96. The SMILES string of the molecule is C1=C[C](c2ccccc2)C2=Cc3c(cccc3-c3ccccc3)C2=C1. The van der Waals surface area contributed by atoms with E-state index in [0.717, 1.165) is 0 Å². The predicted molar refractivity (Wildman–Crippen MR) is 106 cm³/mol. The first-order valence-corrected chi connectivity index (χ1v) is 8.64. The van der Waals surface area contributed by atoms with E-state index in [2.05, 4.69) is 103 Å². The quantitative estimate of drug-likeness (QED) is 0.518. The van der Waals surface area contributed by atoms with E-state index in [4.69, 9.17) is 0 Å². The van der Waals surface area contributed by atoms with Gasteiger partial charge in [-0.15, -0.1) is 0 Å². The molecule has 0 saturated heterocycles. The summed E-state index contributed by atoms with van der Waals surface area (Å²) >= 11 is 0. The lowest BCUT2D eigenvalue weighted by atomic mass is 9.84. The van der Waals surface area contributed by atoms with Gasteiger partial charge >= 0.3 is 0 Å². The van der Waals surface area contributed by atoms with Crippen molar-refractivity contribution in [2.45, 2.75) is 0 Å². The molecule has 117 valence electrons. The van der Waals surface area contributed by atoms with E-state index in [1.165, 1.54) is 44.9 Å². The Hall–Kier alpha value is -3.12. The van der Waals surface area contributed by atoms with Crippen molar-refractivity contribution in [3.63, 3.8) is 0 Å². The molecule has 0 unspecified atom stereocenters. The Morgan fingerprint density at radius 2 is 1.20 bits per heavy atom. The maximum Gasteiger partial charge on any atom is 0.0563 e. The van der Waals surface area contributed by atoms with Gasteiger partial charge < -0.3 is 0 Å². The van der Waals surface area contributed by atoms with Crippen LogP contribution in [0.4, 0.5) is 0 Å². The first kappa shape index (κ1) is 14.2. The van der Waals surface area contributed by atoms with Gasteiger partial charge in [-0.3, -0.25) is 0 Å². The van der Waals surface area contributed by atoms with Crippen molar-refractivity contribution in [1.29, 1.82) is 0 Å². The number of allylic oxidation sites excluding steroid dienone is 5. The van der Waals surface area contributed by atoms with Gasteiger partial charge in [0.1, 0.15) is 0 Å². The molecular weight excluding hydrogens is 300 g/mol. The third-order valence-corrected chi connectivity index (χ3v) is 4.96. The van der Waals surface area contributed by atoms with Gasteiger partial charge in [-0.05, 0) is 45.0 Å². The van der Waals surface area contributed by atoms with Gasteiger partial charge in [0.2, 0.25) is 0 Å². The van der Waals surface area contributed by atoms with Crippen molar-refractivity contribution in [3.8, 4) is 11.1 Å². The Labute approximate surface area is 148 Å². The normalized spacial score (nSPS) is 15.4. The molecule has 2 aliphatic carbocycles. The van der Waals surface area contributed by atoms with Gasteiger partial charge in [-0.2, -0.15) is 0 Å². The summed E-state index contributed by atoms with van der Waals surface area (Å²) in [5, 5.41) is 0. The first-order valence-electron chi connectivity index (χ1n) is 8.64. The van der Waals surface area contributed by atoms with Gasteiger partial charge in [0.15, 0.2) is 0 Å². The fourth-order valence-corrected chi connectivity index (χ4v) is 3.79. The monoisotopic (exact) mass is 317 g/mol. The van der Waals surface area contributed by atoms with Gasteiger partial charge in [0, 0.05) is 0 Å². The molecule has 0 aromatic heterocycles. The van der Waals surface area contributed by atoms with Crippen LogP contribution in [0.25, 0.3) is 22.8 Å². The molecule has 0 N–H and O–H groups in total. The molecule has 3 aromatic rings. The van der Waals surface area contributed by atoms with Crippen molar-refractivity contribution in [3.05, 3.63) is 125 Å². The minimum Gasteiger partial charge on any atom is -0.0680 e. The van der Waals surface area contributed by atoms with Crippen LogP contribution >= 0.6 is 0 Å². The van der Waals surface area contributed by atoms with Crippen molar-refractivity contribution in [1.82, 2.24) is 0 Å². The van der Waals surface area contributed by atoms with Gasteiger partial charge in [0.05, 0.1) is 5.92 Å². The lowest BCUT2D eigenvalue weighted by molar-refractivity contribution is 1.31. The molecule has 0 spiro atoms. The highest BCUT2D eigenvalue weighted by atomic mass is 14.3. The molecule has 0 fully saturated rings. The molecule has 0 atom stereocenters. The summed E-state index contributed by atoms with van der Waals surface area (Å²) in [4.78, 5) is 0. The number of fused-ring (bicyclic) bond motifs is 3. The summed E-state index contributed by atoms with van der Waals surface area (Å²) in [5.41, 5.74) is 9.14. The highest BCUT2D eigenvalue weighted by molar-refractivity contribution is 6.03. The average Bonchev–Trinajstić information content (AvgIpc) is 3.08. The van der Waals surface area contributed by atoms with Crippen LogP contribution in [0, 0.1) is 5.92 Å². The largest absolute Gasteiger partial charge is 0.0680 e. The van der Waals surface area contributed by atoms with Crippen LogP contribution in [0.15, 0.2) is 103 Å². The smallest absolute Gasteiger partial charge is 0.0563 e. The molecule has 0 amide bonds. The maximum atomic E-state index is 2.36. The lowest BCUT2D eigenvalue weighted by Gasteiger charge is -2.19.